The summed E-state index contributed by atoms with van der Waals surface area (Å²) in [6, 6.07) is 6.09. The Morgan fingerprint density at radius 1 is 1.43 bits per heavy atom. The first-order valence-electron chi connectivity index (χ1n) is 4.25. The molecule has 0 bridgehead atoms. The molecule has 0 amide bonds. The number of ether oxygens (including phenoxy) is 1. The number of thiol groups is 1. The number of fused-ring (bicyclic) bond motifs is 1. The van der Waals surface area contributed by atoms with Crippen LogP contribution in [0.2, 0.25) is 0 Å². The van der Waals surface area contributed by atoms with Gasteiger partial charge >= 0.3 is 0 Å². The lowest BCUT2D eigenvalue weighted by Crippen LogP contribution is -1.90. The smallest absolute Gasteiger partial charge is 0.121 e. The zero-order valence-electron chi connectivity index (χ0n) is 7.58. The zero-order valence-corrected chi connectivity index (χ0v) is 10.9. The monoisotopic (exact) mass is 288 g/mol. The van der Waals surface area contributed by atoms with Crippen LogP contribution in [-0.4, -0.2) is 6.61 Å². The lowest BCUT2D eigenvalue weighted by atomic mass is 10.2. The van der Waals surface area contributed by atoms with Crippen LogP contribution in [0.3, 0.4) is 0 Å². The standard InChI is InChI=1S/C10H9BrOS2/c1-2-12-7-3-6-4-9(13)14-10(6)8(11)5-7/h3-5,13H,2H2,1H3. The number of rotatable bonds is 2. The van der Waals surface area contributed by atoms with E-state index in [1.54, 1.807) is 11.3 Å². The van der Waals surface area contributed by atoms with Gasteiger partial charge in [-0.25, -0.2) is 0 Å². The average Bonchev–Trinajstić information content (AvgIpc) is 2.47. The van der Waals surface area contributed by atoms with Crippen LogP contribution in [0.4, 0.5) is 0 Å². The van der Waals surface area contributed by atoms with Crippen molar-refractivity contribution in [1.29, 1.82) is 0 Å². The first-order chi connectivity index (χ1) is 6.70. The predicted molar refractivity (Wildman–Crippen MR) is 67.9 cm³/mol. The summed E-state index contributed by atoms with van der Waals surface area (Å²) < 4.78 is 8.77. The van der Waals surface area contributed by atoms with Crippen molar-refractivity contribution in [1.82, 2.24) is 0 Å². The number of benzene rings is 1. The third-order valence-electron chi connectivity index (χ3n) is 1.84. The SMILES string of the molecule is CCOc1cc(Br)c2sc(S)cc2c1. The summed E-state index contributed by atoms with van der Waals surface area (Å²) in [4.78, 5) is 0. The number of halogens is 1. The molecule has 0 spiro atoms. The molecule has 14 heavy (non-hydrogen) atoms. The van der Waals surface area contributed by atoms with E-state index in [-0.39, 0.29) is 0 Å². The molecule has 0 saturated carbocycles. The van der Waals surface area contributed by atoms with Gasteiger partial charge in [0.1, 0.15) is 5.75 Å². The molecule has 2 aromatic rings. The molecule has 0 radical (unpaired) electrons. The Morgan fingerprint density at radius 3 is 2.93 bits per heavy atom. The fourth-order valence-electron chi connectivity index (χ4n) is 1.32. The van der Waals surface area contributed by atoms with Gasteiger partial charge in [0, 0.05) is 9.17 Å². The van der Waals surface area contributed by atoms with E-state index in [2.05, 4.69) is 34.6 Å². The molecule has 1 aromatic carbocycles. The highest BCUT2D eigenvalue weighted by molar-refractivity contribution is 9.10. The summed E-state index contributed by atoms with van der Waals surface area (Å²) in [7, 11) is 0. The van der Waals surface area contributed by atoms with E-state index in [4.69, 9.17) is 4.74 Å². The highest BCUT2D eigenvalue weighted by Crippen LogP contribution is 2.36. The maximum absolute atomic E-state index is 5.45. The first-order valence-corrected chi connectivity index (χ1v) is 6.31. The Hall–Kier alpha value is -0.190. The lowest BCUT2D eigenvalue weighted by Gasteiger charge is -2.03. The predicted octanol–water partition coefficient (Wildman–Crippen LogP) is 4.35. The van der Waals surface area contributed by atoms with Crippen molar-refractivity contribution in [3.8, 4) is 5.75 Å². The fraction of sp³-hybridized carbons (Fsp3) is 0.200. The average molecular weight is 289 g/mol. The maximum Gasteiger partial charge on any atom is 0.121 e. The molecule has 0 aliphatic carbocycles. The van der Waals surface area contributed by atoms with E-state index >= 15 is 0 Å². The van der Waals surface area contributed by atoms with Crippen molar-refractivity contribution in [2.45, 2.75) is 11.1 Å². The highest BCUT2D eigenvalue weighted by Gasteiger charge is 2.05. The molecule has 1 aromatic heterocycles. The minimum atomic E-state index is 0.690. The van der Waals surface area contributed by atoms with Gasteiger partial charge in [-0.2, -0.15) is 0 Å². The molecule has 0 unspecified atom stereocenters. The Balaban J connectivity index is 2.59. The summed E-state index contributed by atoms with van der Waals surface area (Å²) in [6.07, 6.45) is 0. The zero-order chi connectivity index (χ0) is 10.1. The molecule has 1 heterocycles. The van der Waals surface area contributed by atoms with Crippen LogP contribution in [0.5, 0.6) is 5.75 Å². The van der Waals surface area contributed by atoms with Crippen LogP contribution in [0, 0.1) is 0 Å². The van der Waals surface area contributed by atoms with Gasteiger partial charge in [0.15, 0.2) is 0 Å². The Bertz CT molecular complexity index is 464. The third kappa shape index (κ3) is 1.92. The molecule has 1 nitrogen and oxygen atoms in total. The molecule has 2 rings (SSSR count). The Morgan fingerprint density at radius 2 is 2.21 bits per heavy atom. The van der Waals surface area contributed by atoms with E-state index < -0.39 is 0 Å². The second-order valence-electron chi connectivity index (χ2n) is 2.84. The minimum Gasteiger partial charge on any atom is -0.494 e. The van der Waals surface area contributed by atoms with Crippen LogP contribution in [0.1, 0.15) is 6.92 Å². The Labute approximate surface area is 101 Å². The molecule has 0 N–H and O–H groups in total. The normalized spacial score (nSPS) is 10.8. The second kappa shape index (κ2) is 4.13. The van der Waals surface area contributed by atoms with Crippen molar-refractivity contribution in [3.63, 3.8) is 0 Å². The van der Waals surface area contributed by atoms with Crippen LogP contribution in [0.25, 0.3) is 10.1 Å². The number of thiophene rings is 1. The van der Waals surface area contributed by atoms with E-state index in [1.807, 2.05) is 19.1 Å². The van der Waals surface area contributed by atoms with E-state index in [0.29, 0.717) is 6.61 Å². The third-order valence-corrected chi connectivity index (χ3v) is 4.12. The summed E-state index contributed by atoms with van der Waals surface area (Å²) >= 11 is 9.53. The van der Waals surface area contributed by atoms with Gasteiger partial charge in [0.05, 0.1) is 10.8 Å². The summed E-state index contributed by atoms with van der Waals surface area (Å²) in [5.41, 5.74) is 0. The fourth-order valence-corrected chi connectivity index (χ4v) is 3.22. The van der Waals surface area contributed by atoms with Gasteiger partial charge in [-0.15, -0.1) is 24.0 Å². The maximum atomic E-state index is 5.45. The second-order valence-corrected chi connectivity index (χ2v) is 5.53. The molecule has 0 aliphatic rings. The molecular formula is C10H9BrOS2. The molecule has 0 atom stereocenters. The van der Waals surface area contributed by atoms with Crippen molar-refractivity contribution in [2.75, 3.05) is 6.61 Å². The van der Waals surface area contributed by atoms with Crippen molar-refractivity contribution < 1.29 is 4.74 Å². The van der Waals surface area contributed by atoms with Crippen molar-refractivity contribution >= 4 is 50.0 Å². The van der Waals surface area contributed by atoms with Gasteiger partial charge in [-0.3, -0.25) is 0 Å². The van der Waals surface area contributed by atoms with Crippen LogP contribution >= 0.6 is 39.9 Å². The molecular weight excluding hydrogens is 280 g/mol. The molecule has 0 fully saturated rings. The largest absolute Gasteiger partial charge is 0.494 e. The van der Waals surface area contributed by atoms with Gasteiger partial charge < -0.3 is 4.74 Å². The van der Waals surface area contributed by atoms with Crippen LogP contribution < -0.4 is 4.74 Å². The summed E-state index contributed by atoms with van der Waals surface area (Å²) in [5, 5.41) is 1.18. The van der Waals surface area contributed by atoms with Crippen molar-refractivity contribution in [3.05, 3.63) is 22.7 Å². The summed E-state index contributed by atoms with van der Waals surface area (Å²) in [5.74, 6) is 0.901. The van der Waals surface area contributed by atoms with Crippen LogP contribution in [-0.2, 0) is 0 Å². The van der Waals surface area contributed by atoms with Gasteiger partial charge in [0.25, 0.3) is 0 Å². The first kappa shape index (κ1) is 10.3. The Kier molecular flexibility index (Phi) is 3.04. The van der Waals surface area contributed by atoms with Gasteiger partial charge in [0.2, 0.25) is 0 Å². The van der Waals surface area contributed by atoms with E-state index in [9.17, 15) is 0 Å². The molecule has 0 aliphatic heterocycles. The van der Waals surface area contributed by atoms with Gasteiger partial charge in [-0.05, 0) is 46.4 Å². The van der Waals surface area contributed by atoms with Gasteiger partial charge in [-0.1, -0.05) is 0 Å². The minimum absolute atomic E-state index is 0.690. The topological polar surface area (TPSA) is 9.23 Å². The number of hydrogen-bond acceptors (Lipinski definition) is 3. The lowest BCUT2D eigenvalue weighted by molar-refractivity contribution is 0.340. The van der Waals surface area contributed by atoms with Crippen molar-refractivity contribution in [2.24, 2.45) is 0 Å². The molecule has 4 heteroatoms. The van der Waals surface area contributed by atoms with E-state index in [0.717, 1.165) is 14.4 Å². The van der Waals surface area contributed by atoms with Crippen LogP contribution in [0.15, 0.2) is 26.9 Å². The summed E-state index contributed by atoms with van der Waals surface area (Å²) in [6.45, 7) is 2.67. The molecule has 74 valence electrons. The molecule has 0 saturated heterocycles. The highest BCUT2D eigenvalue weighted by atomic mass is 79.9. The quantitative estimate of drug-likeness (QED) is 0.809. The number of hydrogen-bond donors (Lipinski definition) is 1. The van der Waals surface area contributed by atoms with E-state index in [1.165, 1.54) is 10.1 Å².